The monoisotopic (exact) mass is 657 g/mol. The molecule has 0 radical (unpaired) electrons. The zero-order valence-corrected chi connectivity index (χ0v) is 25.9. The van der Waals surface area contributed by atoms with Gasteiger partial charge in [-0.2, -0.15) is 0 Å². The molecule has 0 fully saturated rings. The summed E-state index contributed by atoms with van der Waals surface area (Å²) in [5, 5.41) is 7.23. The number of nitrogens with two attached hydrogens (primary N) is 15. The summed E-state index contributed by atoms with van der Waals surface area (Å²) < 4.78 is 0. The minimum absolute atomic E-state index is 0. The SMILES string of the molecule is N=C1C=C(N)C(N)=CC1N.Nc1cc(N)c(N)cc1N.Nc1cc(N)c(N)cc1N.Nc1cc2nc3cc(N)c(N)cc3nc2cc1N.[2HH]. The molecule has 0 aliphatic heterocycles. The number of rotatable bonds is 0. The minimum Gasteiger partial charge on any atom is -0.397 e. The van der Waals surface area contributed by atoms with Crippen molar-refractivity contribution >= 4 is 96.0 Å². The fraction of sp³-hybridized carbons (Fsp3) is 0.0333. The molecule has 48 heavy (non-hydrogen) atoms. The molecule has 4 aromatic carbocycles. The van der Waals surface area contributed by atoms with Crippen LogP contribution in [0.4, 0.5) is 68.2 Å². The molecule has 18 heteroatoms. The first-order chi connectivity index (χ1) is 22.4. The molecule has 254 valence electrons. The zero-order chi connectivity index (χ0) is 36.0. The molecule has 1 aliphatic carbocycles. The summed E-state index contributed by atoms with van der Waals surface area (Å²) in [6.07, 6.45) is 3.04. The zero-order valence-electron chi connectivity index (χ0n) is 25.9. The van der Waals surface area contributed by atoms with Crippen molar-refractivity contribution in [1.29, 1.82) is 5.41 Å². The summed E-state index contributed by atoms with van der Waals surface area (Å²) in [7, 11) is 0. The lowest BCUT2D eigenvalue weighted by Crippen LogP contribution is -2.32. The number of anilines is 12. The molecule has 0 spiro atoms. The summed E-state index contributed by atoms with van der Waals surface area (Å²) in [5.41, 5.74) is 92.2. The van der Waals surface area contributed by atoms with Crippen molar-refractivity contribution in [2.75, 3.05) is 68.8 Å². The van der Waals surface area contributed by atoms with Crippen molar-refractivity contribution in [3.05, 3.63) is 72.1 Å². The third kappa shape index (κ3) is 8.49. The Morgan fingerprint density at radius 2 is 0.625 bits per heavy atom. The number of hydrogen-bond donors (Lipinski definition) is 16. The standard InChI is InChI=1S/C12H12N6.3C6H10N4.H2/c13-5-1-9-10(2-6(5)14)18-12-4-8(16)7(15)3-11(12)17-9;3*7-3-1-4(8)6(10)2-5(3)9;/h1-4H,13-16H2;2*1-2H,7-10H2;1-3,9H,7-8,10H2;1H/i;;;;1+1. The Morgan fingerprint density at radius 3 is 0.854 bits per heavy atom. The van der Waals surface area contributed by atoms with E-state index in [9.17, 15) is 0 Å². The smallest absolute Gasteiger partial charge is 0.0916 e. The van der Waals surface area contributed by atoms with Gasteiger partial charge in [0.25, 0.3) is 0 Å². The van der Waals surface area contributed by atoms with Crippen LogP contribution in [0.3, 0.4) is 0 Å². The molecule has 6 rings (SSSR count). The third-order valence-corrected chi connectivity index (χ3v) is 6.78. The van der Waals surface area contributed by atoms with Gasteiger partial charge in [-0.05, 0) is 60.7 Å². The Kier molecular flexibility index (Phi) is 10.5. The summed E-state index contributed by atoms with van der Waals surface area (Å²) in [6, 6.07) is 12.6. The first kappa shape index (κ1) is 35.3. The second kappa shape index (κ2) is 14.3. The van der Waals surface area contributed by atoms with Crippen LogP contribution in [0.25, 0.3) is 22.1 Å². The molecule has 0 saturated heterocycles. The Bertz CT molecular complexity index is 1790. The van der Waals surface area contributed by atoms with Crippen LogP contribution >= 0.6 is 0 Å². The van der Waals surface area contributed by atoms with Gasteiger partial charge in [0.05, 0.1) is 113 Å². The molecular formula is C30H44N18. The van der Waals surface area contributed by atoms with E-state index in [4.69, 9.17) is 91.4 Å². The highest BCUT2D eigenvalue weighted by Crippen LogP contribution is 2.27. The highest BCUT2D eigenvalue weighted by molar-refractivity contribution is 6.00. The van der Waals surface area contributed by atoms with E-state index < -0.39 is 6.04 Å². The van der Waals surface area contributed by atoms with Crippen LogP contribution < -0.4 is 86.0 Å². The van der Waals surface area contributed by atoms with Crippen molar-refractivity contribution in [1.82, 2.24) is 9.97 Å². The second-order valence-corrected chi connectivity index (χ2v) is 10.6. The molecule has 0 saturated carbocycles. The first-order valence-electron chi connectivity index (χ1n) is 13.9. The molecule has 0 bridgehead atoms. The van der Waals surface area contributed by atoms with E-state index in [1.165, 1.54) is 6.08 Å². The average Bonchev–Trinajstić information content (AvgIpc) is 3.00. The predicted molar refractivity (Wildman–Crippen MR) is 205 cm³/mol. The van der Waals surface area contributed by atoms with Gasteiger partial charge in [0.1, 0.15) is 0 Å². The van der Waals surface area contributed by atoms with Crippen molar-refractivity contribution < 1.29 is 1.43 Å². The topological polar surface area (TPSA) is 440 Å². The summed E-state index contributed by atoms with van der Waals surface area (Å²) >= 11 is 0. The molecule has 1 unspecified atom stereocenters. The minimum atomic E-state index is -0.396. The van der Waals surface area contributed by atoms with Crippen molar-refractivity contribution in [3.63, 3.8) is 0 Å². The number of fused-ring (bicyclic) bond motifs is 2. The highest BCUT2D eigenvalue weighted by atomic mass is 14.8. The lowest BCUT2D eigenvalue weighted by Gasteiger charge is -2.13. The lowest BCUT2D eigenvalue weighted by atomic mass is 10.0. The van der Waals surface area contributed by atoms with Gasteiger partial charge in [-0.3, -0.25) is 0 Å². The van der Waals surface area contributed by atoms with Crippen LogP contribution in [-0.2, 0) is 0 Å². The van der Waals surface area contributed by atoms with Gasteiger partial charge in [-0.25, -0.2) is 9.97 Å². The Hall–Kier alpha value is -7.21. The van der Waals surface area contributed by atoms with Crippen LogP contribution in [0.1, 0.15) is 1.43 Å². The fourth-order valence-corrected chi connectivity index (χ4v) is 3.90. The molecular weight excluding hydrogens is 612 g/mol. The predicted octanol–water partition coefficient (Wildman–Crippen LogP) is 0.421. The number of benzene rings is 4. The van der Waals surface area contributed by atoms with Gasteiger partial charge in [-0.15, -0.1) is 0 Å². The van der Waals surface area contributed by atoms with Crippen molar-refractivity contribution in [2.24, 2.45) is 17.2 Å². The van der Waals surface area contributed by atoms with E-state index in [-0.39, 0.29) is 1.43 Å². The maximum atomic E-state index is 7.23. The molecule has 1 atom stereocenters. The quantitative estimate of drug-likeness (QED) is 0.0791. The van der Waals surface area contributed by atoms with Gasteiger partial charge < -0.3 is 91.4 Å². The van der Waals surface area contributed by atoms with Crippen molar-refractivity contribution in [2.45, 2.75) is 6.04 Å². The molecule has 31 N–H and O–H groups in total. The van der Waals surface area contributed by atoms with E-state index in [0.29, 0.717) is 107 Å². The molecule has 1 aromatic heterocycles. The maximum absolute atomic E-state index is 7.23. The van der Waals surface area contributed by atoms with E-state index in [2.05, 4.69) is 9.97 Å². The van der Waals surface area contributed by atoms with Gasteiger partial charge in [0.2, 0.25) is 0 Å². The lowest BCUT2D eigenvalue weighted by molar-refractivity contribution is 1.02. The molecule has 5 aromatic rings. The van der Waals surface area contributed by atoms with E-state index in [1.54, 1.807) is 54.6 Å². The van der Waals surface area contributed by atoms with Gasteiger partial charge in [-0.1, -0.05) is 0 Å². The van der Waals surface area contributed by atoms with E-state index in [1.807, 2.05) is 0 Å². The second-order valence-electron chi connectivity index (χ2n) is 10.6. The van der Waals surface area contributed by atoms with Crippen LogP contribution in [0, 0.1) is 5.41 Å². The summed E-state index contributed by atoms with van der Waals surface area (Å²) in [6.45, 7) is 0. The highest BCUT2D eigenvalue weighted by Gasteiger charge is 2.12. The number of hydrogen-bond acceptors (Lipinski definition) is 18. The number of nitrogens with one attached hydrogen (secondary N) is 1. The van der Waals surface area contributed by atoms with Gasteiger partial charge in [0, 0.05) is 1.43 Å². The number of nitrogen functional groups attached to an aromatic ring is 12. The number of aromatic nitrogens is 2. The maximum Gasteiger partial charge on any atom is 0.0916 e. The molecule has 18 nitrogen and oxygen atoms in total. The summed E-state index contributed by atoms with van der Waals surface area (Å²) in [5.74, 6) is 0. The van der Waals surface area contributed by atoms with Gasteiger partial charge in [0.15, 0.2) is 0 Å². The van der Waals surface area contributed by atoms with E-state index >= 15 is 0 Å². The van der Waals surface area contributed by atoms with Gasteiger partial charge >= 0.3 is 0 Å². The molecule has 1 heterocycles. The Morgan fingerprint density at radius 1 is 0.396 bits per heavy atom. The van der Waals surface area contributed by atoms with Crippen LogP contribution in [0.15, 0.2) is 72.1 Å². The summed E-state index contributed by atoms with van der Waals surface area (Å²) in [4.78, 5) is 8.90. The Balaban J connectivity index is 0.000000236. The third-order valence-electron chi connectivity index (χ3n) is 6.78. The first-order valence-corrected chi connectivity index (χ1v) is 13.9. The fourth-order valence-electron chi connectivity index (χ4n) is 3.90. The van der Waals surface area contributed by atoms with Crippen molar-refractivity contribution in [3.8, 4) is 0 Å². The van der Waals surface area contributed by atoms with Crippen LogP contribution in [-0.4, -0.2) is 21.7 Å². The van der Waals surface area contributed by atoms with E-state index in [0.717, 1.165) is 0 Å². The largest absolute Gasteiger partial charge is 0.397 e. The van der Waals surface area contributed by atoms with Crippen LogP contribution in [0.2, 0.25) is 0 Å². The normalized spacial score (nSPS) is 13.5. The number of nitrogens with zero attached hydrogens (tertiary/aromatic N) is 2. The average molecular weight is 658 g/mol. The Labute approximate surface area is 276 Å². The molecule has 0 amide bonds. The molecule has 1 aliphatic rings. The van der Waals surface area contributed by atoms with Crippen LogP contribution in [0.5, 0.6) is 0 Å².